The number of hydrogen-bond acceptors (Lipinski definition) is 7. The van der Waals surface area contributed by atoms with Crippen LogP contribution in [0.4, 0.5) is 5.69 Å². The molecule has 0 fully saturated rings. The maximum Gasteiger partial charge on any atom is 0.325 e. The van der Waals surface area contributed by atoms with Crippen LogP contribution in [-0.2, 0) is 26.2 Å². The van der Waals surface area contributed by atoms with Gasteiger partial charge in [0.25, 0.3) is 15.7 Å². The molecule has 3 rings (SSSR count). The molecule has 1 aliphatic rings. The standard InChI is InChI=1S/C17H15N3O6S/c1-19(17-14-4-2-3-5-15(14)27(24,25)18-17)10-16(21)26-11-12-6-8-13(9-7-12)20(22)23/h2-9H,10-11H2,1H3. The third-order valence-electron chi connectivity index (χ3n) is 3.89. The third-order valence-corrected chi connectivity index (χ3v) is 5.21. The molecule has 0 aliphatic carbocycles. The highest BCUT2D eigenvalue weighted by Crippen LogP contribution is 2.26. The van der Waals surface area contributed by atoms with Gasteiger partial charge in [-0.1, -0.05) is 12.1 Å². The van der Waals surface area contributed by atoms with Crippen molar-refractivity contribution in [2.24, 2.45) is 4.40 Å². The number of non-ortho nitro benzene ring substituents is 1. The lowest BCUT2D eigenvalue weighted by Gasteiger charge is -2.18. The highest BCUT2D eigenvalue weighted by molar-refractivity contribution is 7.90. The predicted molar refractivity (Wildman–Crippen MR) is 95.7 cm³/mol. The van der Waals surface area contributed by atoms with Crippen LogP contribution in [0, 0.1) is 10.1 Å². The predicted octanol–water partition coefficient (Wildman–Crippen LogP) is 1.72. The number of hydrogen-bond donors (Lipinski definition) is 0. The fraction of sp³-hybridized carbons (Fsp3) is 0.176. The van der Waals surface area contributed by atoms with Crippen molar-refractivity contribution < 1.29 is 22.9 Å². The first kappa shape index (κ1) is 18.5. The average Bonchev–Trinajstić information content (AvgIpc) is 2.92. The van der Waals surface area contributed by atoms with Crippen LogP contribution < -0.4 is 0 Å². The van der Waals surface area contributed by atoms with Crippen molar-refractivity contribution in [3.63, 3.8) is 0 Å². The molecule has 2 aromatic carbocycles. The van der Waals surface area contributed by atoms with E-state index in [-0.39, 0.29) is 29.6 Å². The number of fused-ring (bicyclic) bond motifs is 1. The molecule has 0 saturated carbocycles. The molecule has 2 aromatic rings. The van der Waals surface area contributed by atoms with E-state index >= 15 is 0 Å². The Bertz CT molecular complexity index is 1030. The third kappa shape index (κ3) is 3.95. The van der Waals surface area contributed by atoms with Crippen LogP contribution in [0.3, 0.4) is 0 Å². The van der Waals surface area contributed by atoms with E-state index in [1.165, 1.54) is 35.2 Å². The molecule has 0 N–H and O–H groups in total. The van der Waals surface area contributed by atoms with E-state index in [2.05, 4.69) is 4.40 Å². The van der Waals surface area contributed by atoms with Gasteiger partial charge < -0.3 is 9.64 Å². The molecule has 0 aromatic heterocycles. The van der Waals surface area contributed by atoms with Crippen LogP contribution >= 0.6 is 0 Å². The number of esters is 1. The molecule has 1 heterocycles. The highest BCUT2D eigenvalue weighted by atomic mass is 32.2. The molecule has 0 saturated heterocycles. The van der Waals surface area contributed by atoms with E-state index in [9.17, 15) is 23.3 Å². The molecule has 0 atom stereocenters. The molecular weight excluding hydrogens is 374 g/mol. The summed E-state index contributed by atoms with van der Waals surface area (Å²) in [5, 5.41) is 10.6. The van der Waals surface area contributed by atoms with Crippen molar-refractivity contribution >= 4 is 27.5 Å². The largest absolute Gasteiger partial charge is 0.459 e. The Labute approximate surface area is 155 Å². The second-order valence-electron chi connectivity index (χ2n) is 5.83. The monoisotopic (exact) mass is 389 g/mol. The second-order valence-corrected chi connectivity index (χ2v) is 7.40. The zero-order valence-corrected chi connectivity index (χ0v) is 15.0. The molecule has 10 heteroatoms. The normalized spacial score (nSPS) is 14.2. The van der Waals surface area contributed by atoms with Gasteiger partial charge in [0.05, 0.1) is 4.92 Å². The van der Waals surface area contributed by atoms with Crippen molar-refractivity contribution in [3.05, 3.63) is 69.8 Å². The number of rotatable bonds is 5. The fourth-order valence-corrected chi connectivity index (χ4v) is 3.81. The van der Waals surface area contributed by atoms with Crippen molar-refractivity contribution in [1.82, 2.24) is 4.90 Å². The SMILES string of the molecule is CN(CC(=O)OCc1ccc([N+](=O)[O-])cc1)C1=NS(=O)(=O)c2ccccc21. The number of amidine groups is 1. The summed E-state index contributed by atoms with van der Waals surface area (Å²) in [5.41, 5.74) is 0.981. The number of ether oxygens (including phenoxy) is 1. The number of carbonyl (C=O) groups is 1. The number of nitro groups is 1. The molecule has 0 amide bonds. The van der Waals surface area contributed by atoms with E-state index in [1.54, 1.807) is 25.2 Å². The van der Waals surface area contributed by atoms with Crippen LogP contribution in [0.1, 0.15) is 11.1 Å². The Kier molecular flexibility index (Phi) is 4.91. The molecule has 140 valence electrons. The Hall–Kier alpha value is -3.27. The summed E-state index contributed by atoms with van der Waals surface area (Å²) < 4.78 is 33.0. The van der Waals surface area contributed by atoms with Gasteiger partial charge >= 0.3 is 5.97 Å². The van der Waals surface area contributed by atoms with Crippen LogP contribution in [0.2, 0.25) is 0 Å². The summed E-state index contributed by atoms with van der Waals surface area (Å²) in [6, 6.07) is 12.0. The first-order valence-corrected chi connectivity index (χ1v) is 9.26. The van der Waals surface area contributed by atoms with Gasteiger partial charge in [0.1, 0.15) is 18.0 Å². The van der Waals surface area contributed by atoms with Gasteiger partial charge in [-0.05, 0) is 29.8 Å². The number of nitro benzene ring substituents is 1. The zero-order chi connectivity index (χ0) is 19.6. The summed E-state index contributed by atoms with van der Waals surface area (Å²) in [6.45, 7) is -0.248. The second kappa shape index (κ2) is 7.16. The summed E-state index contributed by atoms with van der Waals surface area (Å²) in [4.78, 5) is 23.7. The summed E-state index contributed by atoms with van der Waals surface area (Å²) in [6.07, 6.45) is 0. The van der Waals surface area contributed by atoms with E-state index in [0.717, 1.165) is 0 Å². The number of sulfonamides is 1. The van der Waals surface area contributed by atoms with Crippen LogP contribution in [0.15, 0.2) is 57.8 Å². The lowest BCUT2D eigenvalue weighted by Crippen LogP contribution is -2.32. The fourth-order valence-electron chi connectivity index (χ4n) is 2.56. The Morgan fingerprint density at radius 2 is 1.85 bits per heavy atom. The molecule has 9 nitrogen and oxygen atoms in total. The van der Waals surface area contributed by atoms with E-state index in [4.69, 9.17) is 4.74 Å². The van der Waals surface area contributed by atoms with E-state index in [1.807, 2.05) is 0 Å². The number of nitrogens with zero attached hydrogens (tertiary/aromatic N) is 3. The quantitative estimate of drug-likeness (QED) is 0.434. The first-order valence-electron chi connectivity index (χ1n) is 7.82. The topological polar surface area (TPSA) is 119 Å². The highest BCUT2D eigenvalue weighted by Gasteiger charge is 2.31. The zero-order valence-electron chi connectivity index (χ0n) is 14.2. The van der Waals surface area contributed by atoms with E-state index in [0.29, 0.717) is 11.1 Å². The van der Waals surface area contributed by atoms with Gasteiger partial charge in [-0.2, -0.15) is 8.42 Å². The number of benzene rings is 2. The number of likely N-dealkylation sites (N-methyl/N-ethyl adjacent to an activating group) is 1. The van der Waals surface area contributed by atoms with Gasteiger partial charge in [-0.3, -0.25) is 14.9 Å². The molecule has 0 unspecified atom stereocenters. The molecule has 0 radical (unpaired) electrons. The summed E-state index contributed by atoms with van der Waals surface area (Å²) in [7, 11) is -2.22. The van der Waals surface area contributed by atoms with Gasteiger partial charge in [0.2, 0.25) is 0 Å². The summed E-state index contributed by atoms with van der Waals surface area (Å²) in [5.74, 6) is -0.404. The van der Waals surface area contributed by atoms with Crippen molar-refractivity contribution in [1.29, 1.82) is 0 Å². The maximum absolute atomic E-state index is 12.1. The van der Waals surface area contributed by atoms with Gasteiger partial charge in [0, 0.05) is 24.7 Å². The molecule has 1 aliphatic heterocycles. The van der Waals surface area contributed by atoms with Crippen LogP contribution in [0.25, 0.3) is 0 Å². The van der Waals surface area contributed by atoms with Crippen molar-refractivity contribution in [2.75, 3.05) is 13.6 Å². The first-order chi connectivity index (χ1) is 12.8. The maximum atomic E-state index is 12.1. The van der Waals surface area contributed by atoms with Gasteiger partial charge in [-0.25, -0.2) is 0 Å². The van der Waals surface area contributed by atoms with E-state index < -0.39 is 20.9 Å². The molecule has 27 heavy (non-hydrogen) atoms. The van der Waals surface area contributed by atoms with Crippen molar-refractivity contribution in [2.45, 2.75) is 11.5 Å². The van der Waals surface area contributed by atoms with Crippen LogP contribution in [-0.4, -0.2) is 43.6 Å². The minimum atomic E-state index is -3.76. The number of carbonyl (C=O) groups excluding carboxylic acids is 1. The van der Waals surface area contributed by atoms with Crippen molar-refractivity contribution in [3.8, 4) is 0 Å². The molecular formula is C17H15N3O6S. The summed E-state index contributed by atoms with van der Waals surface area (Å²) >= 11 is 0. The Morgan fingerprint density at radius 3 is 2.52 bits per heavy atom. The molecule has 0 spiro atoms. The average molecular weight is 389 g/mol. The van der Waals surface area contributed by atoms with Gasteiger partial charge in [-0.15, -0.1) is 4.40 Å². The van der Waals surface area contributed by atoms with Crippen LogP contribution in [0.5, 0.6) is 0 Å². The van der Waals surface area contributed by atoms with Gasteiger partial charge in [0.15, 0.2) is 5.84 Å². The minimum absolute atomic E-state index is 0.0496. The Balaban J connectivity index is 1.62. The lowest BCUT2D eigenvalue weighted by molar-refractivity contribution is -0.384. The minimum Gasteiger partial charge on any atom is -0.459 e. The Morgan fingerprint density at radius 1 is 1.19 bits per heavy atom. The lowest BCUT2D eigenvalue weighted by atomic mass is 10.2. The molecule has 0 bridgehead atoms. The smallest absolute Gasteiger partial charge is 0.325 e.